The van der Waals surface area contributed by atoms with Crippen molar-refractivity contribution in [2.45, 2.75) is 19.8 Å². The van der Waals surface area contributed by atoms with Crippen molar-refractivity contribution in [3.8, 4) is 11.5 Å². The van der Waals surface area contributed by atoms with E-state index in [2.05, 4.69) is 10.3 Å². The van der Waals surface area contributed by atoms with Crippen molar-refractivity contribution in [2.75, 3.05) is 20.3 Å². The molecule has 1 aromatic heterocycles. The second kappa shape index (κ2) is 8.38. The zero-order chi connectivity index (χ0) is 15.8. The molecule has 1 amide bonds. The Balaban J connectivity index is 1.60. The highest BCUT2D eigenvalue weighted by Crippen LogP contribution is 2.16. The van der Waals surface area contributed by atoms with E-state index >= 15 is 0 Å². The predicted octanol–water partition coefficient (Wildman–Crippen LogP) is 2.59. The van der Waals surface area contributed by atoms with Crippen LogP contribution in [0.2, 0.25) is 0 Å². The quantitative estimate of drug-likeness (QED) is 0.760. The summed E-state index contributed by atoms with van der Waals surface area (Å²) in [5.74, 6) is 1.56. The van der Waals surface area contributed by atoms with Gasteiger partial charge in [-0.1, -0.05) is 0 Å². The molecule has 0 aliphatic heterocycles. The number of nitrogens with one attached hydrogen (secondary N) is 1. The molecule has 5 nitrogen and oxygen atoms in total. The van der Waals surface area contributed by atoms with Crippen molar-refractivity contribution in [1.82, 2.24) is 10.3 Å². The lowest BCUT2D eigenvalue weighted by Gasteiger charge is -2.08. The van der Waals surface area contributed by atoms with E-state index in [1.165, 1.54) is 0 Å². The van der Waals surface area contributed by atoms with Crippen LogP contribution in [0.3, 0.4) is 0 Å². The van der Waals surface area contributed by atoms with Gasteiger partial charge in [0.1, 0.15) is 18.1 Å². The third-order valence-corrected chi connectivity index (χ3v) is 3.85. The number of carbonyl (C=O) groups excluding carboxylic acids is 1. The smallest absolute Gasteiger partial charge is 0.220 e. The Hall–Kier alpha value is -2.08. The number of amides is 1. The summed E-state index contributed by atoms with van der Waals surface area (Å²) in [6.45, 7) is 2.89. The van der Waals surface area contributed by atoms with Crippen LogP contribution >= 0.6 is 11.3 Å². The molecular formula is C16H20N2O3S. The van der Waals surface area contributed by atoms with Crippen molar-refractivity contribution in [2.24, 2.45) is 0 Å². The zero-order valence-electron chi connectivity index (χ0n) is 12.8. The van der Waals surface area contributed by atoms with Crippen LogP contribution in [0.1, 0.15) is 17.1 Å². The number of nitrogens with zero attached hydrogens (tertiary/aromatic N) is 1. The summed E-state index contributed by atoms with van der Waals surface area (Å²) in [5.41, 5.74) is 0.979. The van der Waals surface area contributed by atoms with Gasteiger partial charge >= 0.3 is 0 Å². The summed E-state index contributed by atoms with van der Waals surface area (Å²) in [5, 5.41) is 5.87. The Bertz CT molecular complexity index is 596. The van der Waals surface area contributed by atoms with Gasteiger partial charge in [0.25, 0.3) is 0 Å². The average molecular weight is 320 g/mol. The van der Waals surface area contributed by atoms with Gasteiger partial charge in [-0.2, -0.15) is 0 Å². The third-order valence-electron chi connectivity index (χ3n) is 3.03. The zero-order valence-corrected chi connectivity index (χ0v) is 13.6. The molecule has 0 atom stereocenters. The summed E-state index contributed by atoms with van der Waals surface area (Å²) >= 11 is 1.61. The van der Waals surface area contributed by atoms with Gasteiger partial charge in [-0.25, -0.2) is 4.98 Å². The van der Waals surface area contributed by atoms with Gasteiger partial charge in [0.05, 0.1) is 24.4 Å². The maximum absolute atomic E-state index is 11.7. The highest BCUT2D eigenvalue weighted by Gasteiger charge is 2.04. The third kappa shape index (κ3) is 5.37. The van der Waals surface area contributed by atoms with Crippen molar-refractivity contribution < 1.29 is 14.3 Å². The summed E-state index contributed by atoms with van der Waals surface area (Å²) in [6.07, 6.45) is 1.13. The predicted molar refractivity (Wildman–Crippen MR) is 86.7 cm³/mol. The molecular weight excluding hydrogens is 300 g/mol. The van der Waals surface area contributed by atoms with Crippen molar-refractivity contribution in [3.05, 3.63) is 40.3 Å². The van der Waals surface area contributed by atoms with E-state index < -0.39 is 0 Å². The minimum absolute atomic E-state index is 0.0176. The first-order chi connectivity index (χ1) is 10.7. The highest BCUT2D eigenvalue weighted by molar-refractivity contribution is 7.09. The lowest BCUT2D eigenvalue weighted by molar-refractivity contribution is -0.121. The van der Waals surface area contributed by atoms with Gasteiger partial charge in [0, 0.05) is 11.8 Å². The second-order valence-corrected chi connectivity index (χ2v) is 5.79. The molecule has 118 valence electrons. The van der Waals surface area contributed by atoms with E-state index in [1.807, 2.05) is 36.6 Å². The molecule has 1 heterocycles. The number of hydrogen-bond donors (Lipinski definition) is 1. The lowest BCUT2D eigenvalue weighted by atomic mass is 10.2. The maximum Gasteiger partial charge on any atom is 0.220 e. The number of thiazole rings is 1. The summed E-state index contributed by atoms with van der Waals surface area (Å²) in [6, 6.07) is 7.35. The highest BCUT2D eigenvalue weighted by atomic mass is 32.1. The topological polar surface area (TPSA) is 60.5 Å². The molecule has 0 spiro atoms. The molecule has 0 aliphatic rings. The molecule has 0 radical (unpaired) electrons. The Kier molecular flexibility index (Phi) is 6.21. The molecule has 1 aromatic carbocycles. The lowest BCUT2D eigenvalue weighted by Crippen LogP contribution is -2.28. The Labute approximate surface area is 134 Å². The van der Waals surface area contributed by atoms with Crippen molar-refractivity contribution in [1.29, 1.82) is 0 Å². The number of aryl methyl sites for hydroxylation is 2. The van der Waals surface area contributed by atoms with Crippen LogP contribution in [-0.4, -0.2) is 31.2 Å². The number of benzene rings is 1. The second-order valence-electron chi connectivity index (χ2n) is 4.73. The SMILES string of the molecule is COc1ccc(OCCNC(=O)CCc2csc(C)n2)cc1. The number of methoxy groups -OCH3 is 1. The Morgan fingerprint density at radius 2 is 2.00 bits per heavy atom. The number of carbonyl (C=O) groups is 1. The normalized spacial score (nSPS) is 10.3. The van der Waals surface area contributed by atoms with Gasteiger partial charge in [-0.3, -0.25) is 4.79 Å². The molecule has 0 aliphatic carbocycles. The van der Waals surface area contributed by atoms with Gasteiger partial charge in [-0.05, 0) is 37.6 Å². The molecule has 0 fully saturated rings. The van der Waals surface area contributed by atoms with Crippen molar-refractivity contribution >= 4 is 17.2 Å². The number of hydrogen-bond acceptors (Lipinski definition) is 5. The molecule has 6 heteroatoms. The van der Waals surface area contributed by atoms with E-state index in [4.69, 9.17) is 9.47 Å². The average Bonchev–Trinajstić information content (AvgIpc) is 2.96. The number of aromatic nitrogens is 1. The molecule has 0 bridgehead atoms. The monoisotopic (exact) mass is 320 g/mol. The molecule has 1 N–H and O–H groups in total. The Morgan fingerprint density at radius 3 is 2.64 bits per heavy atom. The van der Waals surface area contributed by atoms with Crippen LogP contribution in [0.25, 0.3) is 0 Å². The summed E-state index contributed by atoms with van der Waals surface area (Å²) in [7, 11) is 1.62. The minimum atomic E-state index is 0.0176. The molecule has 0 unspecified atom stereocenters. The van der Waals surface area contributed by atoms with Gasteiger partial charge in [0.15, 0.2) is 0 Å². The first kappa shape index (κ1) is 16.3. The van der Waals surface area contributed by atoms with Crippen LogP contribution in [0.5, 0.6) is 11.5 Å². The van der Waals surface area contributed by atoms with Crippen molar-refractivity contribution in [3.63, 3.8) is 0 Å². The van der Waals surface area contributed by atoms with Crippen LogP contribution in [0.4, 0.5) is 0 Å². The maximum atomic E-state index is 11.7. The van der Waals surface area contributed by atoms with E-state index in [0.29, 0.717) is 26.0 Å². The first-order valence-electron chi connectivity index (χ1n) is 7.12. The van der Waals surface area contributed by atoms with Gasteiger partial charge in [-0.15, -0.1) is 11.3 Å². The van der Waals surface area contributed by atoms with Crippen LogP contribution in [-0.2, 0) is 11.2 Å². The molecule has 2 rings (SSSR count). The summed E-state index contributed by atoms with van der Waals surface area (Å²) < 4.78 is 10.6. The fraction of sp³-hybridized carbons (Fsp3) is 0.375. The Morgan fingerprint density at radius 1 is 1.27 bits per heavy atom. The minimum Gasteiger partial charge on any atom is -0.497 e. The van der Waals surface area contributed by atoms with Gasteiger partial charge in [0.2, 0.25) is 5.91 Å². The number of ether oxygens (including phenoxy) is 2. The molecule has 0 saturated carbocycles. The first-order valence-corrected chi connectivity index (χ1v) is 8.00. The molecule has 0 saturated heterocycles. The van der Waals surface area contributed by atoms with E-state index in [1.54, 1.807) is 18.4 Å². The largest absolute Gasteiger partial charge is 0.497 e. The molecule has 2 aromatic rings. The standard InChI is InChI=1S/C16H20N2O3S/c1-12-18-13(11-22-12)3-8-16(19)17-9-10-21-15-6-4-14(20-2)5-7-15/h4-7,11H,3,8-10H2,1-2H3,(H,17,19). The van der Waals surface area contributed by atoms with E-state index in [9.17, 15) is 4.79 Å². The fourth-order valence-corrected chi connectivity index (χ4v) is 2.53. The van der Waals surface area contributed by atoms with Crippen LogP contribution in [0.15, 0.2) is 29.6 Å². The van der Waals surface area contributed by atoms with Gasteiger partial charge < -0.3 is 14.8 Å². The fourth-order valence-electron chi connectivity index (χ4n) is 1.88. The van der Waals surface area contributed by atoms with Crippen LogP contribution < -0.4 is 14.8 Å². The number of rotatable bonds is 8. The van der Waals surface area contributed by atoms with Crippen LogP contribution in [0, 0.1) is 6.92 Å². The van der Waals surface area contributed by atoms with E-state index in [0.717, 1.165) is 22.2 Å². The van der Waals surface area contributed by atoms with E-state index in [-0.39, 0.29) is 5.91 Å². The summed E-state index contributed by atoms with van der Waals surface area (Å²) in [4.78, 5) is 16.0. The molecule has 22 heavy (non-hydrogen) atoms.